The Kier molecular flexibility index (Phi) is 9.24. The summed E-state index contributed by atoms with van der Waals surface area (Å²) in [5.74, 6) is 2.27. The van der Waals surface area contributed by atoms with Gasteiger partial charge >= 0.3 is 0 Å². The van der Waals surface area contributed by atoms with Crippen LogP contribution < -0.4 is 9.47 Å². The molecule has 0 saturated heterocycles. The summed E-state index contributed by atoms with van der Waals surface area (Å²) in [5, 5.41) is 0.486. The van der Waals surface area contributed by atoms with E-state index in [1.807, 2.05) is 85.7 Å². The third-order valence-electron chi connectivity index (χ3n) is 5.82. The lowest BCUT2D eigenvalue weighted by atomic mass is 10.1. The number of carbonyl (C=O) groups is 1. The van der Waals surface area contributed by atoms with Gasteiger partial charge in [-0.1, -0.05) is 54.6 Å². The van der Waals surface area contributed by atoms with Gasteiger partial charge in [0.05, 0.1) is 13.5 Å². The first-order valence-electron chi connectivity index (χ1n) is 12.2. The van der Waals surface area contributed by atoms with Crippen LogP contribution in [0.25, 0.3) is 0 Å². The molecule has 1 amide bonds. The minimum Gasteiger partial charge on any atom is -0.497 e. The molecule has 0 fully saturated rings. The second-order valence-electron chi connectivity index (χ2n) is 9.03. The molecule has 3 aromatic carbocycles. The Morgan fingerprint density at radius 1 is 0.865 bits per heavy atom. The third-order valence-corrected chi connectivity index (χ3v) is 6.45. The average Bonchev–Trinajstić information content (AvgIpc) is 3.34. The normalized spacial score (nSPS) is 10.9. The van der Waals surface area contributed by atoms with Gasteiger partial charge in [-0.25, -0.2) is 0 Å². The molecule has 0 atom stereocenters. The molecule has 0 N–H and O–H groups in total. The number of likely N-dealkylation sites (N-methyl/N-ethyl adjacent to an activating group) is 1. The molecular formula is C29H32N4O3S. The van der Waals surface area contributed by atoms with E-state index in [2.05, 4.69) is 26.4 Å². The van der Waals surface area contributed by atoms with E-state index in [9.17, 15) is 4.79 Å². The first kappa shape index (κ1) is 26.3. The van der Waals surface area contributed by atoms with Crippen LogP contribution in [0.4, 0.5) is 0 Å². The Bertz CT molecular complexity index is 1280. The highest BCUT2D eigenvalue weighted by Crippen LogP contribution is 2.25. The van der Waals surface area contributed by atoms with Crippen LogP contribution in [0.2, 0.25) is 0 Å². The lowest BCUT2D eigenvalue weighted by Crippen LogP contribution is -2.37. The largest absolute Gasteiger partial charge is 0.497 e. The van der Waals surface area contributed by atoms with Crippen LogP contribution in [0.15, 0.2) is 78.9 Å². The quantitative estimate of drug-likeness (QED) is 0.262. The number of nitrogens with zero attached hydrogens (tertiary/aromatic N) is 4. The van der Waals surface area contributed by atoms with Gasteiger partial charge in [0.25, 0.3) is 5.19 Å². The maximum absolute atomic E-state index is 13.2. The molecular weight excluding hydrogens is 484 g/mol. The van der Waals surface area contributed by atoms with Crippen LogP contribution in [0, 0.1) is 0 Å². The van der Waals surface area contributed by atoms with Gasteiger partial charge in [0, 0.05) is 37.6 Å². The monoisotopic (exact) mass is 516 g/mol. The summed E-state index contributed by atoms with van der Waals surface area (Å²) in [5.41, 5.74) is 3.14. The number of benzene rings is 3. The molecule has 0 spiro atoms. The van der Waals surface area contributed by atoms with Crippen LogP contribution in [0.1, 0.15) is 22.5 Å². The summed E-state index contributed by atoms with van der Waals surface area (Å²) in [4.78, 5) is 21.7. The Hall–Kier alpha value is -3.75. The standard InChI is InChI=1S/C29H32N4O3S/c1-32(2)16-17-33(21-23-8-5-4-6-9-23)28(34)20-22-12-14-25(15-13-22)36-29-30-27(31-37-29)19-24-10-7-11-26(18-24)35-3/h4-15,18H,16-17,19-21H2,1-3H3. The molecule has 4 aromatic rings. The number of rotatable bonds is 12. The SMILES string of the molecule is COc1cccc(Cc2nsc(Oc3ccc(CC(=O)N(CCN(C)C)Cc4ccccc4)cc3)n2)c1. The first-order valence-corrected chi connectivity index (χ1v) is 12.9. The summed E-state index contributed by atoms with van der Waals surface area (Å²) in [6.45, 7) is 2.09. The molecule has 0 aliphatic heterocycles. The zero-order valence-electron chi connectivity index (χ0n) is 21.5. The van der Waals surface area contributed by atoms with E-state index in [0.29, 0.717) is 42.7 Å². The lowest BCUT2D eigenvalue weighted by molar-refractivity contribution is -0.131. The predicted molar refractivity (Wildman–Crippen MR) is 146 cm³/mol. The summed E-state index contributed by atoms with van der Waals surface area (Å²) in [6.07, 6.45) is 0.940. The fourth-order valence-corrected chi connectivity index (χ4v) is 4.36. The Morgan fingerprint density at radius 3 is 2.35 bits per heavy atom. The van der Waals surface area contributed by atoms with Gasteiger partial charge in [0.2, 0.25) is 5.91 Å². The summed E-state index contributed by atoms with van der Waals surface area (Å²) >= 11 is 1.22. The maximum Gasteiger partial charge on any atom is 0.298 e. The van der Waals surface area contributed by atoms with Crippen molar-refractivity contribution in [3.05, 3.63) is 101 Å². The van der Waals surface area contributed by atoms with Crippen molar-refractivity contribution in [3.63, 3.8) is 0 Å². The van der Waals surface area contributed by atoms with Crippen molar-refractivity contribution < 1.29 is 14.3 Å². The van der Waals surface area contributed by atoms with Crippen molar-refractivity contribution in [1.82, 2.24) is 19.2 Å². The fourth-order valence-electron chi connectivity index (χ4n) is 3.80. The second kappa shape index (κ2) is 13.0. The molecule has 0 radical (unpaired) electrons. The van der Waals surface area contributed by atoms with Crippen molar-refractivity contribution >= 4 is 17.4 Å². The van der Waals surface area contributed by atoms with Gasteiger partial charge in [0.1, 0.15) is 11.5 Å². The van der Waals surface area contributed by atoms with Gasteiger partial charge in [0.15, 0.2) is 5.82 Å². The van der Waals surface area contributed by atoms with E-state index >= 15 is 0 Å². The number of carbonyl (C=O) groups excluding carboxylic acids is 1. The van der Waals surface area contributed by atoms with Crippen molar-refractivity contribution in [2.24, 2.45) is 0 Å². The van der Waals surface area contributed by atoms with Crippen LogP contribution >= 0.6 is 11.5 Å². The topological polar surface area (TPSA) is 67.8 Å². The molecule has 192 valence electrons. The minimum absolute atomic E-state index is 0.102. The molecule has 0 aliphatic rings. The van der Waals surface area contributed by atoms with Gasteiger partial charge in [-0.3, -0.25) is 4.79 Å². The number of methoxy groups -OCH3 is 1. The Labute approximate surface area is 222 Å². The van der Waals surface area contributed by atoms with E-state index in [1.165, 1.54) is 11.5 Å². The highest BCUT2D eigenvalue weighted by molar-refractivity contribution is 7.07. The maximum atomic E-state index is 13.2. The molecule has 0 aliphatic carbocycles. The third kappa shape index (κ3) is 8.13. The Morgan fingerprint density at radius 2 is 1.62 bits per heavy atom. The number of hydrogen-bond acceptors (Lipinski definition) is 7. The van der Waals surface area contributed by atoms with E-state index in [4.69, 9.17) is 9.47 Å². The molecule has 0 bridgehead atoms. The second-order valence-corrected chi connectivity index (χ2v) is 9.75. The molecule has 0 unspecified atom stereocenters. The van der Waals surface area contributed by atoms with Crippen molar-refractivity contribution in [3.8, 4) is 16.7 Å². The molecule has 37 heavy (non-hydrogen) atoms. The minimum atomic E-state index is 0.102. The van der Waals surface area contributed by atoms with Gasteiger partial charge in [-0.05, 0) is 55.1 Å². The number of hydrogen-bond donors (Lipinski definition) is 0. The zero-order valence-corrected chi connectivity index (χ0v) is 22.3. The summed E-state index contributed by atoms with van der Waals surface area (Å²) in [6, 6.07) is 25.6. The van der Waals surface area contributed by atoms with Crippen LogP contribution in [-0.4, -0.2) is 59.4 Å². The number of amides is 1. The Balaban J connectivity index is 1.34. The van der Waals surface area contributed by atoms with Gasteiger partial charge in [-0.2, -0.15) is 9.36 Å². The molecule has 7 nitrogen and oxygen atoms in total. The highest BCUT2D eigenvalue weighted by Gasteiger charge is 2.15. The smallest absolute Gasteiger partial charge is 0.298 e. The van der Waals surface area contributed by atoms with Crippen LogP contribution in [0.3, 0.4) is 0 Å². The van der Waals surface area contributed by atoms with Crippen molar-refractivity contribution in [2.45, 2.75) is 19.4 Å². The van der Waals surface area contributed by atoms with E-state index in [1.54, 1.807) is 7.11 Å². The number of ether oxygens (including phenoxy) is 2. The molecule has 1 heterocycles. The summed E-state index contributed by atoms with van der Waals surface area (Å²) in [7, 11) is 5.69. The summed E-state index contributed by atoms with van der Waals surface area (Å²) < 4.78 is 15.6. The molecule has 4 rings (SSSR count). The molecule has 8 heteroatoms. The first-order chi connectivity index (χ1) is 18.0. The number of aromatic nitrogens is 2. The molecule has 0 saturated carbocycles. The zero-order chi connectivity index (χ0) is 26.0. The fraction of sp³-hybridized carbons (Fsp3) is 0.276. The highest BCUT2D eigenvalue weighted by atomic mass is 32.1. The molecule has 1 aromatic heterocycles. The van der Waals surface area contributed by atoms with Crippen molar-refractivity contribution in [1.29, 1.82) is 0 Å². The van der Waals surface area contributed by atoms with E-state index < -0.39 is 0 Å². The average molecular weight is 517 g/mol. The van der Waals surface area contributed by atoms with Crippen molar-refractivity contribution in [2.75, 3.05) is 34.3 Å². The van der Waals surface area contributed by atoms with Crippen LogP contribution in [-0.2, 0) is 24.2 Å². The van der Waals surface area contributed by atoms with Gasteiger partial charge < -0.3 is 19.3 Å². The van der Waals surface area contributed by atoms with Crippen LogP contribution in [0.5, 0.6) is 16.7 Å². The van der Waals surface area contributed by atoms with E-state index in [-0.39, 0.29) is 5.91 Å². The lowest BCUT2D eigenvalue weighted by Gasteiger charge is -2.25. The van der Waals surface area contributed by atoms with E-state index in [0.717, 1.165) is 29.0 Å². The van der Waals surface area contributed by atoms with Gasteiger partial charge in [-0.15, -0.1) is 0 Å². The predicted octanol–water partition coefficient (Wildman–Crippen LogP) is 5.06.